The molecule has 0 radical (unpaired) electrons. The van der Waals surface area contributed by atoms with Crippen molar-refractivity contribution in [1.29, 1.82) is 5.26 Å². The highest BCUT2D eigenvalue weighted by molar-refractivity contribution is 7.91. The van der Waals surface area contributed by atoms with Crippen LogP contribution in [0.3, 0.4) is 0 Å². The van der Waals surface area contributed by atoms with E-state index < -0.39 is 27.2 Å². The van der Waals surface area contributed by atoms with Crippen LogP contribution in [-0.4, -0.2) is 14.3 Å². The monoisotopic (exact) mass is 515 g/mol. The quantitative estimate of drug-likeness (QED) is 0.336. The zero-order valence-electron chi connectivity index (χ0n) is 19.0. The molecule has 0 saturated carbocycles. The van der Waals surface area contributed by atoms with Gasteiger partial charge in [0, 0.05) is 5.02 Å². The van der Waals surface area contributed by atoms with Gasteiger partial charge in [0.05, 0.1) is 16.5 Å². The van der Waals surface area contributed by atoms with E-state index in [4.69, 9.17) is 17.3 Å². The first kappa shape index (κ1) is 25.1. The lowest BCUT2D eigenvalue weighted by Crippen LogP contribution is -2.39. The zero-order chi connectivity index (χ0) is 25.7. The van der Waals surface area contributed by atoms with Gasteiger partial charge in [0.2, 0.25) is 5.91 Å². The molecular weight excluding hydrogens is 494 g/mol. The van der Waals surface area contributed by atoms with Gasteiger partial charge in [-0.2, -0.15) is 5.26 Å². The van der Waals surface area contributed by atoms with Crippen LogP contribution >= 0.6 is 11.6 Å². The largest absolute Gasteiger partial charge is 0.368 e. The highest BCUT2D eigenvalue weighted by Gasteiger charge is 2.33. The van der Waals surface area contributed by atoms with Crippen molar-refractivity contribution in [3.63, 3.8) is 0 Å². The molecule has 4 rings (SSSR count). The number of primary amides is 1. The van der Waals surface area contributed by atoms with Crippen molar-refractivity contribution in [2.45, 2.75) is 16.3 Å². The fraction of sp³-hybridized carbons (Fsp3) is 0.0714. The van der Waals surface area contributed by atoms with Gasteiger partial charge < -0.3 is 5.73 Å². The molecule has 0 spiro atoms. The van der Waals surface area contributed by atoms with Gasteiger partial charge in [-0.25, -0.2) is 8.42 Å². The normalized spacial score (nSPS) is 12.9. The second-order valence-corrected chi connectivity index (χ2v) is 10.5. The molecule has 2 atom stereocenters. The molecule has 0 saturated heterocycles. The number of halogens is 1. The number of amides is 1. The topological polar surface area (TPSA) is 113 Å². The molecule has 0 heterocycles. The molecule has 1 amide bonds. The Morgan fingerprint density at radius 2 is 1.44 bits per heavy atom. The number of sulfone groups is 1. The third kappa shape index (κ3) is 5.31. The van der Waals surface area contributed by atoms with E-state index >= 15 is 0 Å². The fourth-order valence-corrected chi connectivity index (χ4v) is 5.68. The van der Waals surface area contributed by atoms with E-state index in [9.17, 15) is 18.5 Å². The van der Waals surface area contributed by atoms with Gasteiger partial charge in [-0.05, 0) is 52.6 Å². The summed E-state index contributed by atoms with van der Waals surface area (Å²) in [6, 6.07) is 29.6. The molecule has 6 nitrogen and oxygen atoms in total. The minimum Gasteiger partial charge on any atom is -0.368 e. The maximum atomic E-state index is 13.8. The Labute approximate surface area is 214 Å². The predicted molar refractivity (Wildman–Crippen MR) is 139 cm³/mol. The Morgan fingerprint density at radius 3 is 2.06 bits per heavy atom. The van der Waals surface area contributed by atoms with Crippen LogP contribution in [0.25, 0.3) is 11.1 Å². The Morgan fingerprint density at radius 1 is 0.833 bits per heavy atom. The molecule has 1 unspecified atom stereocenters. The van der Waals surface area contributed by atoms with Crippen LogP contribution < -0.4 is 11.1 Å². The van der Waals surface area contributed by atoms with Crippen molar-refractivity contribution < 1.29 is 13.2 Å². The molecule has 3 N–H and O–H groups in total. The predicted octanol–water partition coefficient (Wildman–Crippen LogP) is 5.17. The lowest BCUT2D eigenvalue weighted by Gasteiger charge is -2.25. The molecule has 4 aromatic rings. The molecular formula is C28H22ClN3O3S. The van der Waals surface area contributed by atoms with Crippen molar-refractivity contribution in [3.8, 4) is 17.2 Å². The summed E-state index contributed by atoms with van der Waals surface area (Å²) in [7, 11) is -4.03. The molecule has 180 valence electrons. The molecule has 0 aliphatic rings. The number of nitrogens with zero attached hydrogens (tertiary/aromatic N) is 1. The smallest absolute Gasteiger partial charge is 0.239 e. The third-order valence-corrected chi connectivity index (χ3v) is 7.97. The average molecular weight is 516 g/mol. The summed E-state index contributed by atoms with van der Waals surface area (Å²) in [6.45, 7) is 0. The van der Waals surface area contributed by atoms with Gasteiger partial charge in [0.1, 0.15) is 11.4 Å². The van der Waals surface area contributed by atoms with Crippen LogP contribution in [0.2, 0.25) is 5.02 Å². The van der Waals surface area contributed by atoms with E-state index in [-0.39, 0.29) is 4.90 Å². The number of nitriles is 1. The fourth-order valence-electron chi connectivity index (χ4n) is 3.93. The Hall–Kier alpha value is -3.96. The first-order valence-corrected chi connectivity index (χ1v) is 12.9. The second-order valence-electron chi connectivity index (χ2n) is 8.07. The maximum absolute atomic E-state index is 13.8. The zero-order valence-corrected chi connectivity index (χ0v) is 20.6. The maximum Gasteiger partial charge on any atom is 0.239 e. The first-order chi connectivity index (χ1) is 17.3. The van der Waals surface area contributed by atoms with Gasteiger partial charge in [-0.3, -0.25) is 10.1 Å². The highest BCUT2D eigenvalue weighted by Crippen LogP contribution is 2.32. The Balaban J connectivity index is 1.80. The minimum absolute atomic E-state index is 0.0413. The van der Waals surface area contributed by atoms with Crippen LogP contribution in [0.1, 0.15) is 28.1 Å². The third-order valence-electron chi connectivity index (χ3n) is 5.76. The van der Waals surface area contributed by atoms with Crippen LogP contribution in [0.15, 0.2) is 108 Å². The van der Waals surface area contributed by atoms with E-state index in [1.165, 1.54) is 24.3 Å². The molecule has 0 fully saturated rings. The summed E-state index contributed by atoms with van der Waals surface area (Å²) in [6.07, 6.45) is 0. The van der Waals surface area contributed by atoms with Gasteiger partial charge in [0.25, 0.3) is 0 Å². The van der Waals surface area contributed by atoms with Gasteiger partial charge in [-0.1, -0.05) is 84.4 Å². The Kier molecular flexibility index (Phi) is 7.51. The van der Waals surface area contributed by atoms with E-state index in [1.807, 2.05) is 12.1 Å². The van der Waals surface area contributed by atoms with Crippen molar-refractivity contribution in [3.05, 3.63) is 125 Å². The van der Waals surface area contributed by atoms with E-state index in [0.29, 0.717) is 21.7 Å². The standard InChI is InChI=1S/C28H22ClN3O3S/c29-23-14-16-24(17-15-23)36(34,35)28(32-26(27(31)33)20-6-2-1-3-7-20)21-12-10-19(11-13-21)25-9-5-4-8-22(25)18-30/h1-17,26,28,32H,(H2,31,33)/t26?,28-/m1/s1. The first-order valence-electron chi connectivity index (χ1n) is 11.0. The molecule has 0 aliphatic heterocycles. The van der Waals surface area contributed by atoms with Crippen molar-refractivity contribution >= 4 is 27.3 Å². The lowest BCUT2D eigenvalue weighted by molar-refractivity contribution is -0.120. The number of benzene rings is 4. The van der Waals surface area contributed by atoms with Gasteiger partial charge in [0.15, 0.2) is 9.84 Å². The van der Waals surface area contributed by atoms with E-state index in [1.54, 1.807) is 66.7 Å². The molecule has 0 aromatic heterocycles. The SMILES string of the molecule is N#Cc1ccccc1-c1ccc([C@H](NC(C(N)=O)c2ccccc2)S(=O)(=O)c2ccc(Cl)cc2)cc1. The number of carbonyl (C=O) groups is 1. The number of hydrogen-bond donors (Lipinski definition) is 2. The Bertz CT molecular complexity index is 1520. The summed E-state index contributed by atoms with van der Waals surface area (Å²) in [5.74, 6) is -0.711. The van der Waals surface area contributed by atoms with Gasteiger partial charge >= 0.3 is 0 Å². The number of hydrogen-bond acceptors (Lipinski definition) is 5. The summed E-state index contributed by atoms with van der Waals surface area (Å²) in [5.41, 5.74) is 8.63. The number of rotatable bonds is 8. The molecule has 0 bridgehead atoms. The van der Waals surface area contributed by atoms with E-state index in [0.717, 1.165) is 11.1 Å². The average Bonchev–Trinajstić information content (AvgIpc) is 2.90. The number of nitrogens with two attached hydrogens (primary N) is 1. The minimum atomic E-state index is -4.03. The molecule has 0 aliphatic carbocycles. The van der Waals surface area contributed by atoms with Crippen LogP contribution in [0.4, 0.5) is 0 Å². The van der Waals surface area contributed by atoms with Crippen molar-refractivity contribution in [2.75, 3.05) is 0 Å². The van der Waals surface area contributed by atoms with E-state index in [2.05, 4.69) is 11.4 Å². The summed E-state index contributed by atoms with van der Waals surface area (Å²) < 4.78 is 27.6. The number of carbonyl (C=O) groups excluding carboxylic acids is 1. The summed E-state index contributed by atoms with van der Waals surface area (Å²) in [5, 5.41) is 11.5. The molecule has 36 heavy (non-hydrogen) atoms. The molecule has 4 aromatic carbocycles. The van der Waals surface area contributed by atoms with Crippen LogP contribution in [0.5, 0.6) is 0 Å². The van der Waals surface area contributed by atoms with Crippen LogP contribution in [-0.2, 0) is 14.6 Å². The molecule has 8 heteroatoms. The van der Waals surface area contributed by atoms with Crippen molar-refractivity contribution in [2.24, 2.45) is 5.73 Å². The summed E-state index contributed by atoms with van der Waals surface area (Å²) in [4.78, 5) is 12.4. The highest BCUT2D eigenvalue weighted by atomic mass is 35.5. The van der Waals surface area contributed by atoms with Crippen LogP contribution in [0, 0.1) is 11.3 Å². The second kappa shape index (κ2) is 10.8. The van der Waals surface area contributed by atoms with Crippen molar-refractivity contribution in [1.82, 2.24) is 5.32 Å². The summed E-state index contributed by atoms with van der Waals surface area (Å²) >= 11 is 5.97. The number of nitrogens with one attached hydrogen (secondary N) is 1. The lowest BCUT2D eigenvalue weighted by atomic mass is 9.99. The van der Waals surface area contributed by atoms with Gasteiger partial charge in [-0.15, -0.1) is 0 Å².